The standard InChI is InChI=1S/C15H17BrN2O3/c1-18-4-3-17-14(18)9-12(19)10-7-11(16)15-13(8-10)20-5-2-6-21-15/h3-4,7-8,12,19H,2,5-6,9H2,1H3. The van der Waals surface area contributed by atoms with Crippen molar-refractivity contribution in [2.45, 2.75) is 18.9 Å². The molecule has 0 radical (unpaired) electrons. The second-order valence-electron chi connectivity index (χ2n) is 5.05. The Morgan fingerprint density at radius 1 is 1.38 bits per heavy atom. The van der Waals surface area contributed by atoms with Gasteiger partial charge < -0.3 is 19.1 Å². The zero-order valence-corrected chi connectivity index (χ0v) is 13.3. The quantitative estimate of drug-likeness (QED) is 0.922. The van der Waals surface area contributed by atoms with Crippen LogP contribution in [0.3, 0.4) is 0 Å². The van der Waals surface area contributed by atoms with E-state index in [0.29, 0.717) is 31.1 Å². The van der Waals surface area contributed by atoms with E-state index >= 15 is 0 Å². The average molecular weight is 353 g/mol. The third-order valence-electron chi connectivity index (χ3n) is 3.51. The van der Waals surface area contributed by atoms with Gasteiger partial charge in [-0.2, -0.15) is 0 Å². The van der Waals surface area contributed by atoms with Crippen LogP contribution in [-0.2, 0) is 13.5 Å². The number of hydrogen-bond donors (Lipinski definition) is 1. The first-order valence-electron chi connectivity index (χ1n) is 6.88. The van der Waals surface area contributed by atoms with Crippen molar-refractivity contribution in [1.82, 2.24) is 9.55 Å². The van der Waals surface area contributed by atoms with E-state index in [1.165, 1.54) is 0 Å². The molecule has 0 aliphatic carbocycles. The van der Waals surface area contributed by atoms with E-state index in [1.54, 1.807) is 6.20 Å². The fraction of sp³-hybridized carbons (Fsp3) is 0.400. The highest BCUT2D eigenvalue weighted by molar-refractivity contribution is 9.10. The number of aliphatic hydroxyl groups is 1. The second-order valence-corrected chi connectivity index (χ2v) is 5.91. The second kappa shape index (κ2) is 6.07. The Labute approximate surface area is 131 Å². The maximum Gasteiger partial charge on any atom is 0.175 e. The van der Waals surface area contributed by atoms with Gasteiger partial charge in [0, 0.05) is 32.3 Å². The molecular weight excluding hydrogens is 336 g/mol. The molecular formula is C15H17BrN2O3. The third-order valence-corrected chi connectivity index (χ3v) is 4.10. The molecule has 3 rings (SSSR count). The number of halogens is 1. The van der Waals surface area contributed by atoms with Crippen LogP contribution in [0.5, 0.6) is 11.5 Å². The summed E-state index contributed by atoms with van der Waals surface area (Å²) >= 11 is 3.49. The van der Waals surface area contributed by atoms with Gasteiger partial charge in [-0.05, 0) is 33.6 Å². The summed E-state index contributed by atoms with van der Waals surface area (Å²) in [4.78, 5) is 4.24. The van der Waals surface area contributed by atoms with E-state index in [9.17, 15) is 5.11 Å². The first-order chi connectivity index (χ1) is 10.1. The number of aromatic nitrogens is 2. The summed E-state index contributed by atoms with van der Waals surface area (Å²) in [5.41, 5.74) is 0.786. The maximum absolute atomic E-state index is 10.4. The first-order valence-corrected chi connectivity index (χ1v) is 7.68. The van der Waals surface area contributed by atoms with Crippen LogP contribution >= 0.6 is 15.9 Å². The van der Waals surface area contributed by atoms with Crippen molar-refractivity contribution in [1.29, 1.82) is 0 Å². The van der Waals surface area contributed by atoms with Gasteiger partial charge in [0.2, 0.25) is 0 Å². The summed E-state index contributed by atoms with van der Waals surface area (Å²) in [6.45, 7) is 1.26. The van der Waals surface area contributed by atoms with E-state index in [4.69, 9.17) is 9.47 Å². The largest absolute Gasteiger partial charge is 0.490 e. The molecule has 0 amide bonds. The molecule has 2 heterocycles. The van der Waals surface area contributed by atoms with Gasteiger partial charge in [0.25, 0.3) is 0 Å². The van der Waals surface area contributed by atoms with Gasteiger partial charge in [-0.3, -0.25) is 0 Å². The molecule has 2 aromatic rings. The van der Waals surface area contributed by atoms with Crippen molar-refractivity contribution in [2.75, 3.05) is 13.2 Å². The Balaban J connectivity index is 1.86. The first kappa shape index (κ1) is 14.4. The van der Waals surface area contributed by atoms with Crippen molar-refractivity contribution in [3.63, 3.8) is 0 Å². The number of imidazole rings is 1. The highest BCUT2D eigenvalue weighted by atomic mass is 79.9. The molecule has 0 bridgehead atoms. The molecule has 1 aliphatic rings. The molecule has 0 saturated heterocycles. The number of nitrogens with zero attached hydrogens (tertiary/aromatic N) is 2. The van der Waals surface area contributed by atoms with Gasteiger partial charge in [0.15, 0.2) is 11.5 Å². The van der Waals surface area contributed by atoms with Crippen LogP contribution in [0, 0.1) is 0 Å². The minimum Gasteiger partial charge on any atom is -0.490 e. The van der Waals surface area contributed by atoms with E-state index in [-0.39, 0.29) is 0 Å². The van der Waals surface area contributed by atoms with Gasteiger partial charge in [-0.25, -0.2) is 4.98 Å². The fourth-order valence-corrected chi connectivity index (χ4v) is 2.90. The number of benzene rings is 1. The summed E-state index contributed by atoms with van der Waals surface area (Å²) in [5, 5.41) is 10.4. The highest BCUT2D eigenvalue weighted by Gasteiger charge is 2.19. The predicted octanol–water partition coefficient (Wildman–Crippen LogP) is 2.62. The van der Waals surface area contributed by atoms with Crippen molar-refractivity contribution in [3.05, 3.63) is 40.4 Å². The number of aryl methyl sites for hydroxylation is 1. The van der Waals surface area contributed by atoms with E-state index in [1.807, 2.05) is 29.9 Å². The highest BCUT2D eigenvalue weighted by Crippen LogP contribution is 2.39. The van der Waals surface area contributed by atoms with Gasteiger partial charge in [0.05, 0.1) is 23.8 Å². The SMILES string of the molecule is Cn1ccnc1CC(O)c1cc(Br)c2c(c1)OCCCO2. The average Bonchev–Trinajstić information content (AvgIpc) is 2.73. The fourth-order valence-electron chi connectivity index (χ4n) is 2.33. The lowest BCUT2D eigenvalue weighted by Gasteiger charge is -2.15. The van der Waals surface area contributed by atoms with Crippen LogP contribution < -0.4 is 9.47 Å². The lowest BCUT2D eigenvalue weighted by molar-refractivity contribution is 0.174. The van der Waals surface area contributed by atoms with Crippen LogP contribution in [0.1, 0.15) is 23.9 Å². The van der Waals surface area contributed by atoms with Gasteiger partial charge >= 0.3 is 0 Å². The number of aliphatic hydroxyl groups excluding tert-OH is 1. The zero-order chi connectivity index (χ0) is 14.8. The van der Waals surface area contributed by atoms with Crippen molar-refractivity contribution >= 4 is 15.9 Å². The molecule has 0 fully saturated rings. The minimum absolute atomic E-state index is 0.454. The molecule has 112 valence electrons. The third kappa shape index (κ3) is 3.06. The van der Waals surface area contributed by atoms with Crippen molar-refractivity contribution in [2.24, 2.45) is 7.05 Å². The molecule has 1 unspecified atom stereocenters. The predicted molar refractivity (Wildman–Crippen MR) is 81.6 cm³/mol. The number of ether oxygens (including phenoxy) is 2. The van der Waals surface area contributed by atoms with Crippen LogP contribution in [-0.4, -0.2) is 27.9 Å². The van der Waals surface area contributed by atoms with Crippen LogP contribution in [0.4, 0.5) is 0 Å². The summed E-state index contributed by atoms with van der Waals surface area (Å²) in [6, 6.07) is 3.72. The molecule has 0 spiro atoms. The normalized spacial score (nSPS) is 15.6. The van der Waals surface area contributed by atoms with Crippen LogP contribution in [0.2, 0.25) is 0 Å². The summed E-state index contributed by atoms with van der Waals surface area (Å²) in [5.74, 6) is 2.22. The smallest absolute Gasteiger partial charge is 0.175 e. The topological polar surface area (TPSA) is 56.5 Å². The number of hydrogen-bond acceptors (Lipinski definition) is 4. The Morgan fingerprint density at radius 2 is 2.19 bits per heavy atom. The van der Waals surface area contributed by atoms with Gasteiger partial charge in [-0.1, -0.05) is 0 Å². The Morgan fingerprint density at radius 3 is 2.95 bits per heavy atom. The molecule has 1 aromatic carbocycles. The monoisotopic (exact) mass is 352 g/mol. The molecule has 0 saturated carbocycles. The molecule has 1 aliphatic heterocycles. The van der Waals surface area contributed by atoms with E-state index in [0.717, 1.165) is 22.3 Å². The van der Waals surface area contributed by atoms with Gasteiger partial charge in [0.1, 0.15) is 5.82 Å². The molecule has 1 N–H and O–H groups in total. The molecule has 6 heteroatoms. The Bertz CT molecular complexity index is 642. The van der Waals surface area contributed by atoms with E-state index in [2.05, 4.69) is 20.9 Å². The molecule has 21 heavy (non-hydrogen) atoms. The zero-order valence-electron chi connectivity index (χ0n) is 11.8. The Kier molecular flexibility index (Phi) is 4.17. The van der Waals surface area contributed by atoms with E-state index < -0.39 is 6.10 Å². The molecule has 5 nitrogen and oxygen atoms in total. The number of fused-ring (bicyclic) bond motifs is 1. The minimum atomic E-state index is -0.639. The van der Waals surface area contributed by atoms with Crippen LogP contribution in [0.15, 0.2) is 29.0 Å². The summed E-state index contributed by atoms with van der Waals surface area (Å²) in [6.07, 6.45) is 4.26. The van der Waals surface area contributed by atoms with Gasteiger partial charge in [-0.15, -0.1) is 0 Å². The molecule has 1 aromatic heterocycles. The number of rotatable bonds is 3. The van der Waals surface area contributed by atoms with Crippen molar-refractivity contribution in [3.8, 4) is 11.5 Å². The van der Waals surface area contributed by atoms with Crippen LogP contribution in [0.25, 0.3) is 0 Å². The van der Waals surface area contributed by atoms with Crippen molar-refractivity contribution < 1.29 is 14.6 Å². The lowest BCUT2D eigenvalue weighted by atomic mass is 10.1. The summed E-state index contributed by atoms with van der Waals surface area (Å²) in [7, 11) is 1.92. The Hall–Kier alpha value is -1.53. The molecule has 1 atom stereocenters. The lowest BCUT2D eigenvalue weighted by Crippen LogP contribution is -2.07. The summed E-state index contributed by atoms with van der Waals surface area (Å²) < 4.78 is 14.1. The maximum atomic E-state index is 10.4.